The van der Waals surface area contributed by atoms with Crippen LogP contribution in [0, 0.1) is 0 Å². The van der Waals surface area contributed by atoms with Gasteiger partial charge in [-0.1, -0.05) is 97.3 Å². The minimum atomic E-state index is -0.517. The van der Waals surface area contributed by atoms with Crippen molar-refractivity contribution in [1.29, 1.82) is 0 Å². The van der Waals surface area contributed by atoms with Crippen LogP contribution < -0.4 is 0 Å². The zero-order valence-corrected chi connectivity index (χ0v) is 18.2. The third-order valence-corrected chi connectivity index (χ3v) is 4.93. The molecule has 0 aromatic heterocycles. The Morgan fingerprint density at radius 1 is 0.741 bits per heavy atom. The van der Waals surface area contributed by atoms with E-state index in [-0.39, 0.29) is 12.6 Å². The molecule has 0 aliphatic heterocycles. The van der Waals surface area contributed by atoms with Gasteiger partial charge in [0.2, 0.25) is 0 Å². The van der Waals surface area contributed by atoms with Crippen molar-refractivity contribution < 1.29 is 19.4 Å². The predicted molar refractivity (Wildman–Crippen MR) is 113 cm³/mol. The molecule has 1 unspecified atom stereocenters. The fraction of sp³-hybridized carbons (Fsp3) is 0.957. The molecule has 0 saturated heterocycles. The third-order valence-electron chi connectivity index (χ3n) is 4.93. The van der Waals surface area contributed by atoms with Crippen LogP contribution in [0.15, 0.2) is 0 Å². The molecule has 0 rings (SSSR count). The van der Waals surface area contributed by atoms with Crippen LogP contribution in [0.2, 0.25) is 0 Å². The molecule has 162 valence electrons. The monoisotopic (exact) mass is 386 g/mol. The molecule has 0 aliphatic rings. The summed E-state index contributed by atoms with van der Waals surface area (Å²) in [6.07, 6.45) is 18.4. The molecule has 0 aromatic carbocycles. The van der Waals surface area contributed by atoms with Gasteiger partial charge in [0, 0.05) is 13.0 Å². The number of carbonyl (C=O) groups excluding carboxylic acids is 1. The SMILES string of the molecule is CCCCCCCCCCCOCC(CO)OC(=O)CCCCCCCC. The van der Waals surface area contributed by atoms with Gasteiger partial charge in [-0.2, -0.15) is 0 Å². The third kappa shape index (κ3) is 19.9. The quantitative estimate of drug-likeness (QED) is 0.189. The van der Waals surface area contributed by atoms with E-state index in [0.717, 1.165) is 19.3 Å². The highest BCUT2D eigenvalue weighted by Gasteiger charge is 2.13. The second kappa shape index (κ2) is 21.7. The summed E-state index contributed by atoms with van der Waals surface area (Å²) in [7, 11) is 0. The number of hydrogen-bond acceptors (Lipinski definition) is 4. The van der Waals surface area contributed by atoms with Crippen LogP contribution in [0.3, 0.4) is 0 Å². The molecule has 0 fully saturated rings. The van der Waals surface area contributed by atoms with Crippen LogP contribution in [0.4, 0.5) is 0 Å². The van der Waals surface area contributed by atoms with Crippen molar-refractivity contribution in [1.82, 2.24) is 0 Å². The maximum absolute atomic E-state index is 11.8. The number of aliphatic hydroxyl groups is 1. The van der Waals surface area contributed by atoms with Gasteiger partial charge in [-0.3, -0.25) is 4.79 Å². The maximum atomic E-state index is 11.8. The van der Waals surface area contributed by atoms with Gasteiger partial charge in [0.25, 0.3) is 0 Å². The minimum Gasteiger partial charge on any atom is -0.457 e. The summed E-state index contributed by atoms with van der Waals surface area (Å²) in [4.78, 5) is 11.8. The minimum absolute atomic E-state index is 0.167. The summed E-state index contributed by atoms with van der Waals surface area (Å²) < 4.78 is 10.9. The zero-order valence-electron chi connectivity index (χ0n) is 18.2. The fourth-order valence-corrected chi connectivity index (χ4v) is 3.15. The number of carbonyl (C=O) groups is 1. The molecule has 4 nitrogen and oxygen atoms in total. The first kappa shape index (κ1) is 26.4. The van der Waals surface area contributed by atoms with Gasteiger partial charge in [0.15, 0.2) is 0 Å². The lowest BCUT2D eigenvalue weighted by Crippen LogP contribution is -2.27. The summed E-state index contributed by atoms with van der Waals surface area (Å²) in [6, 6.07) is 0. The first-order chi connectivity index (χ1) is 13.2. The van der Waals surface area contributed by atoms with Crippen LogP contribution >= 0.6 is 0 Å². The Balaban J connectivity index is 3.46. The molecular formula is C23H46O4. The highest BCUT2D eigenvalue weighted by Crippen LogP contribution is 2.10. The Labute approximate surface area is 168 Å². The number of unbranched alkanes of at least 4 members (excludes halogenated alkanes) is 13. The molecule has 0 bridgehead atoms. The van der Waals surface area contributed by atoms with E-state index < -0.39 is 6.10 Å². The second-order valence-corrected chi connectivity index (χ2v) is 7.72. The highest BCUT2D eigenvalue weighted by atomic mass is 16.6. The van der Waals surface area contributed by atoms with Crippen molar-refractivity contribution >= 4 is 5.97 Å². The largest absolute Gasteiger partial charge is 0.457 e. The number of ether oxygens (including phenoxy) is 2. The van der Waals surface area contributed by atoms with Crippen molar-refractivity contribution in [3.8, 4) is 0 Å². The number of esters is 1. The van der Waals surface area contributed by atoms with Crippen molar-refractivity contribution in [3.05, 3.63) is 0 Å². The van der Waals surface area contributed by atoms with Crippen LogP contribution in [0.5, 0.6) is 0 Å². The van der Waals surface area contributed by atoms with E-state index in [1.807, 2.05) is 0 Å². The molecule has 0 radical (unpaired) electrons. The first-order valence-corrected chi connectivity index (χ1v) is 11.6. The molecule has 0 aliphatic carbocycles. The molecular weight excluding hydrogens is 340 g/mol. The molecule has 4 heteroatoms. The van der Waals surface area contributed by atoms with E-state index in [9.17, 15) is 9.90 Å². The van der Waals surface area contributed by atoms with Crippen LogP contribution in [0.1, 0.15) is 117 Å². The average molecular weight is 387 g/mol. The summed E-state index contributed by atoms with van der Waals surface area (Å²) in [5, 5.41) is 9.35. The smallest absolute Gasteiger partial charge is 0.306 e. The van der Waals surface area contributed by atoms with Crippen LogP contribution in [0.25, 0.3) is 0 Å². The van der Waals surface area contributed by atoms with Gasteiger partial charge in [0.05, 0.1) is 13.2 Å². The lowest BCUT2D eigenvalue weighted by Gasteiger charge is -2.15. The van der Waals surface area contributed by atoms with E-state index in [0.29, 0.717) is 19.6 Å². The zero-order chi connectivity index (χ0) is 20.0. The number of aliphatic hydroxyl groups excluding tert-OH is 1. The lowest BCUT2D eigenvalue weighted by molar-refractivity contribution is -0.154. The summed E-state index contributed by atoms with van der Waals surface area (Å²) in [5.41, 5.74) is 0. The van der Waals surface area contributed by atoms with E-state index in [1.165, 1.54) is 77.0 Å². The second-order valence-electron chi connectivity index (χ2n) is 7.72. The fourth-order valence-electron chi connectivity index (χ4n) is 3.15. The van der Waals surface area contributed by atoms with Gasteiger partial charge in [-0.15, -0.1) is 0 Å². The normalized spacial score (nSPS) is 12.3. The van der Waals surface area contributed by atoms with Crippen molar-refractivity contribution in [2.24, 2.45) is 0 Å². The summed E-state index contributed by atoms with van der Waals surface area (Å²) >= 11 is 0. The van der Waals surface area contributed by atoms with Crippen molar-refractivity contribution in [2.45, 2.75) is 123 Å². The lowest BCUT2D eigenvalue weighted by atomic mass is 10.1. The molecule has 0 saturated carbocycles. The van der Waals surface area contributed by atoms with E-state index in [4.69, 9.17) is 9.47 Å². The van der Waals surface area contributed by atoms with Crippen molar-refractivity contribution in [2.75, 3.05) is 19.8 Å². The predicted octanol–water partition coefficient (Wildman–Crippen LogP) is 6.19. The maximum Gasteiger partial charge on any atom is 0.306 e. The Morgan fingerprint density at radius 2 is 1.22 bits per heavy atom. The highest BCUT2D eigenvalue weighted by molar-refractivity contribution is 5.69. The van der Waals surface area contributed by atoms with Crippen LogP contribution in [-0.2, 0) is 14.3 Å². The first-order valence-electron chi connectivity index (χ1n) is 11.6. The standard InChI is InChI=1S/C23H46O4/c1-3-5-7-9-11-12-13-15-17-19-26-21-22(20-24)27-23(25)18-16-14-10-8-6-4-2/h22,24H,3-21H2,1-2H3. The van der Waals surface area contributed by atoms with Crippen molar-refractivity contribution in [3.63, 3.8) is 0 Å². The summed E-state index contributed by atoms with van der Waals surface area (Å²) in [5.74, 6) is -0.212. The molecule has 1 atom stereocenters. The van der Waals surface area contributed by atoms with Gasteiger partial charge in [-0.05, 0) is 12.8 Å². The molecule has 0 aromatic rings. The summed E-state index contributed by atoms with van der Waals surface area (Å²) in [6.45, 7) is 5.26. The van der Waals surface area contributed by atoms with Gasteiger partial charge >= 0.3 is 5.97 Å². The van der Waals surface area contributed by atoms with E-state index >= 15 is 0 Å². The van der Waals surface area contributed by atoms with Crippen LogP contribution in [-0.4, -0.2) is 37.0 Å². The van der Waals surface area contributed by atoms with Gasteiger partial charge in [-0.25, -0.2) is 0 Å². The Bertz CT molecular complexity index is 307. The van der Waals surface area contributed by atoms with Gasteiger partial charge < -0.3 is 14.6 Å². The average Bonchev–Trinajstić information content (AvgIpc) is 2.67. The number of rotatable bonds is 21. The Morgan fingerprint density at radius 3 is 1.74 bits per heavy atom. The Hall–Kier alpha value is -0.610. The van der Waals surface area contributed by atoms with E-state index in [2.05, 4.69) is 13.8 Å². The molecule has 1 N–H and O–H groups in total. The Kier molecular flexibility index (Phi) is 21.2. The van der Waals surface area contributed by atoms with E-state index in [1.54, 1.807) is 0 Å². The molecule has 0 heterocycles. The topological polar surface area (TPSA) is 55.8 Å². The van der Waals surface area contributed by atoms with Gasteiger partial charge in [0.1, 0.15) is 6.10 Å². The number of hydrogen-bond donors (Lipinski definition) is 1. The molecule has 0 amide bonds. The molecule has 27 heavy (non-hydrogen) atoms. The molecule has 0 spiro atoms.